The summed E-state index contributed by atoms with van der Waals surface area (Å²) in [6.07, 6.45) is 7.57. The summed E-state index contributed by atoms with van der Waals surface area (Å²) in [5, 5.41) is 0. The highest BCUT2D eigenvalue weighted by Crippen LogP contribution is 2.44. The minimum Gasteiger partial charge on any atom is -0.0621 e. The van der Waals surface area contributed by atoms with Crippen molar-refractivity contribution >= 4 is 6.08 Å². The molecule has 0 aromatic heterocycles. The molecule has 0 amide bonds. The van der Waals surface area contributed by atoms with Gasteiger partial charge >= 0.3 is 0 Å². The predicted octanol–water partition coefficient (Wildman–Crippen LogP) is 5.57. The second-order valence-electron chi connectivity index (χ2n) is 6.61. The maximum atomic E-state index is 2.48. The third-order valence-electron chi connectivity index (χ3n) is 4.88. The number of rotatable bonds is 3. The van der Waals surface area contributed by atoms with Crippen LogP contribution in [0.2, 0.25) is 0 Å². The highest BCUT2D eigenvalue weighted by Gasteiger charge is 2.29. The van der Waals surface area contributed by atoms with E-state index in [0.29, 0.717) is 0 Å². The van der Waals surface area contributed by atoms with E-state index in [1.54, 1.807) is 5.57 Å². The Morgan fingerprint density at radius 1 is 1.10 bits per heavy atom. The first-order valence-corrected chi connectivity index (χ1v) is 8.18. The number of hydrogen-bond acceptors (Lipinski definition) is 0. The molecule has 2 aromatic carbocycles. The molecule has 0 spiro atoms. The van der Waals surface area contributed by atoms with Gasteiger partial charge in [-0.15, -0.1) is 0 Å². The van der Waals surface area contributed by atoms with Crippen molar-refractivity contribution in [2.24, 2.45) is 5.92 Å². The van der Waals surface area contributed by atoms with E-state index in [2.05, 4.69) is 56.3 Å². The summed E-state index contributed by atoms with van der Waals surface area (Å²) in [7, 11) is 0. The molecule has 0 unspecified atom stereocenters. The Kier molecular flexibility index (Phi) is 2.99. The Balaban J connectivity index is 1.83. The van der Waals surface area contributed by atoms with Crippen LogP contribution in [0.1, 0.15) is 42.0 Å². The van der Waals surface area contributed by atoms with Gasteiger partial charge in [-0.3, -0.25) is 0 Å². The molecule has 4 rings (SSSR count). The van der Waals surface area contributed by atoms with Crippen molar-refractivity contribution in [3.63, 3.8) is 0 Å². The van der Waals surface area contributed by atoms with Gasteiger partial charge in [0.05, 0.1) is 0 Å². The van der Waals surface area contributed by atoms with Crippen molar-refractivity contribution < 1.29 is 0 Å². The van der Waals surface area contributed by atoms with E-state index in [0.717, 1.165) is 12.3 Å². The number of aryl methyl sites for hydroxylation is 2. The molecule has 2 aliphatic carbocycles. The molecule has 106 valence electrons. The minimum atomic E-state index is 0.883. The fraction of sp³-hybridized carbons (Fsp3) is 0.333. The van der Waals surface area contributed by atoms with Crippen molar-refractivity contribution in [2.75, 3.05) is 0 Å². The van der Waals surface area contributed by atoms with Crippen LogP contribution >= 0.6 is 0 Å². The van der Waals surface area contributed by atoms with E-state index < -0.39 is 0 Å². The van der Waals surface area contributed by atoms with Gasteiger partial charge < -0.3 is 0 Å². The van der Waals surface area contributed by atoms with Gasteiger partial charge in [-0.05, 0) is 66.3 Å². The molecule has 0 atom stereocenters. The van der Waals surface area contributed by atoms with E-state index in [4.69, 9.17) is 0 Å². The zero-order valence-electron chi connectivity index (χ0n) is 12.9. The highest BCUT2D eigenvalue weighted by atomic mass is 14.3. The van der Waals surface area contributed by atoms with Gasteiger partial charge in [-0.1, -0.05) is 60.5 Å². The van der Waals surface area contributed by atoms with Crippen LogP contribution in [-0.2, 0) is 12.8 Å². The molecule has 0 heterocycles. The average molecular weight is 274 g/mol. The van der Waals surface area contributed by atoms with Crippen LogP contribution in [0.15, 0.2) is 42.0 Å². The Labute approximate surface area is 127 Å². The Morgan fingerprint density at radius 2 is 1.95 bits per heavy atom. The van der Waals surface area contributed by atoms with Crippen molar-refractivity contribution in [3.8, 4) is 11.1 Å². The number of fused-ring (bicyclic) bond motifs is 1. The lowest BCUT2D eigenvalue weighted by Gasteiger charge is -2.10. The lowest BCUT2D eigenvalue weighted by molar-refractivity contribution is 0.962. The normalized spacial score (nSPS) is 16.8. The largest absolute Gasteiger partial charge is 0.0621 e. The molecule has 1 fully saturated rings. The number of hydrogen-bond donors (Lipinski definition) is 0. The monoisotopic (exact) mass is 274 g/mol. The predicted molar refractivity (Wildman–Crippen MR) is 90.4 cm³/mol. The fourth-order valence-electron chi connectivity index (χ4n) is 3.58. The zero-order chi connectivity index (χ0) is 14.4. The van der Waals surface area contributed by atoms with E-state index in [1.165, 1.54) is 52.6 Å². The molecule has 2 aromatic rings. The molecule has 0 nitrogen and oxygen atoms in total. The lowest BCUT2D eigenvalue weighted by atomic mass is 9.94. The summed E-state index contributed by atoms with van der Waals surface area (Å²) < 4.78 is 0. The summed E-state index contributed by atoms with van der Waals surface area (Å²) in [5.41, 5.74) is 10.3. The Bertz CT molecular complexity index is 730. The van der Waals surface area contributed by atoms with Crippen LogP contribution in [0.4, 0.5) is 0 Å². The molecule has 1 saturated carbocycles. The summed E-state index contributed by atoms with van der Waals surface area (Å²) in [5.74, 6) is 0.883. The van der Waals surface area contributed by atoms with Crippen LogP contribution in [0.25, 0.3) is 17.2 Å². The van der Waals surface area contributed by atoms with Gasteiger partial charge in [0.25, 0.3) is 0 Å². The zero-order valence-corrected chi connectivity index (χ0v) is 12.9. The molecular weight excluding hydrogens is 252 g/mol. The highest BCUT2D eigenvalue weighted by molar-refractivity contribution is 5.81. The van der Waals surface area contributed by atoms with Crippen LogP contribution in [0, 0.1) is 12.8 Å². The molecule has 0 radical (unpaired) electrons. The maximum Gasteiger partial charge on any atom is -0.00548 e. The quantitative estimate of drug-likeness (QED) is 0.686. The molecular formula is C21H22. The third kappa shape index (κ3) is 2.33. The Hall–Kier alpha value is -1.82. The molecule has 21 heavy (non-hydrogen) atoms. The molecule has 0 bridgehead atoms. The van der Waals surface area contributed by atoms with E-state index in [-0.39, 0.29) is 0 Å². The van der Waals surface area contributed by atoms with Gasteiger partial charge in [0.15, 0.2) is 0 Å². The van der Waals surface area contributed by atoms with Crippen LogP contribution in [0.5, 0.6) is 0 Å². The standard InChI is InChI=1S/C21H22/c1-3-15-9-14(2)10-19(11-15)20-6-4-5-17-12-18(13-21(17)20)16-7-8-16/h4-6,9-11,13,16H,3,7-8,12H2,1-2H3. The maximum absolute atomic E-state index is 2.48. The molecule has 2 aliphatic rings. The van der Waals surface area contributed by atoms with Crippen molar-refractivity contribution in [3.05, 3.63) is 64.2 Å². The lowest BCUT2D eigenvalue weighted by Crippen LogP contribution is -1.90. The third-order valence-corrected chi connectivity index (χ3v) is 4.88. The number of benzene rings is 2. The average Bonchev–Trinajstić information content (AvgIpc) is 3.25. The Morgan fingerprint density at radius 3 is 2.71 bits per heavy atom. The molecule has 0 heteroatoms. The SMILES string of the molecule is CCc1cc(C)cc(-c2cccc3c2C=C(C2CC2)C3)c1. The first-order valence-electron chi connectivity index (χ1n) is 8.18. The van der Waals surface area contributed by atoms with E-state index >= 15 is 0 Å². The second-order valence-corrected chi connectivity index (χ2v) is 6.61. The van der Waals surface area contributed by atoms with Gasteiger partial charge in [0.2, 0.25) is 0 Å². The van der Waals surface area contributed by atoms with Gasteiger partial charge in [0, 0.05) is 0 Å². The second kappa shape index (κ2) is 4.87. The van der Waals surface area contributed by atoms with Crippen LogP contribution in [-0.4, -0.2) is 0 Å². The minimum absolute atomic E-state index is 0.883. The van der Waals surface area contributed by atoms with Crippen molar-refractivity contribution in [1.82, 2.24) is 0 Å². The van der Waals surface area contributed by atoms with Gasteiger partial charge in [-0.25, -0.2) is 0 Å². The van der Waals surface area contributed by atoms with Crippen molar-refractivity contribution in [1.29, 1.82) is 0 Å². The van der Waals surface area contributed by atoms with E-state index in [1.807, 2.05) is 0 Å². The van der Waals surface area contributed by atoms with Crippen LogP contribution < -0.4 is 0 Å². The van der Waals surface area contributed by atoms with Crippen LogP contribution in [0.3, 0.4) is 0 Å². The smallest absolute Gasteiger partial charge is 0.00548 e. The van der Waals surface area contributed by atoms with Gasteiger partial charge in [0.1, 0.15) is 0 Å². The van der Waals surface area contributed by atoms with Gasteiger partial charge in [-0.2, -0.15) is 0 Å². The summed E-state index contributed by atoms with van der Waals surface area (Å²) in [4.78, 5) is 0. The molecule has 0 saturated heterocycles. The fourth-order valence-corrected chi connectivity index (χ4v) is 3.58. The summed E-state index contributed by atoms with van der Waals surface area (Å²) in [6, 6.07) is 13.8. The molecule has 0 aliphatic heterocycles. The topological polar surface area (TPSA) is 0 Å². The molecule has 0 N–H and O–H groups in total. The summed E-state index contributed by atoms with van der Waals surface area (Å²) in [6.45, 7) is 4.44. The first-order chi connectivity index (χ1) is 10.2. The van der Waals surface area contributed by atoms with E-state index in [9.17, 15) is 0 Å². The van der Waals surface area contributed by atoms with Crippen molar-refractivity contribution in [2.45, 2.75) is 39.5 Å². The summed E-state index contributed by atoms with van der Waals surface area (Å²) >= 11 is 0. The first kappa shape index (κ1) is 12.9. The number of allylic oxidation sites excluding steroid dienone is 1.